The van der Waals surface area contributed by atoms with Gasteiger partial charge < -0.3 is 5.32 Å². The normalized spacial score (nSPS) is 22.4. The van der Waals surface area contributed by atoms with Crippen LogP contribution in [-0.2, 0) is 12.0 Å². The lowest BCUT2D eigenvalue weighted by molar-refractivity contribution is 0.0810. The van der Waals surface area contributed by atoms with Crippen molar-refractivity contribution < 1.29 is 4.79 Å². The van der Waals surface area contributed by atoms with Crippen LogP contribution in [0.5, 0.6) is 0 Å². The first-order chi connectivity index (χ1) is 14.7. The van der Waals surface area contributed by atoms with E-state index < -0.39 is 5.54 Å². The maximum absolute atomic E-state index is 13.4. The fraction of sp³-hybridized carbons (Fsp3) is 0.348. The molecule has 0 unspecified atom stereocenters. The lowest BCUT2D eigenvalue weighted by Crippen LogP contribution is -2.51. The standard InChI is InChI=1S/C23H20N6O/c24-12-14-5-6-19(26-13-14)29-21-16-10-15(16)11-17(21)20(28-29)22(30)27-23(7-3-8-23)18-4-1-2-9-25-18/h1-2,4-6,9,13,15-16H,3,7-8,10-11H2,(H,27,30)/t15-,16-/m1/s1. The van der Waals surface area contributed by atoms with Crippen molar-refractivity contribution in [3.05, 3.63) is 70.9 Å². The third-order valence-corrected chi connectivity index (χ3v) is 6.79. The van der Waals surface area contributed by atoms with Crippen LogP contribution in [0.2, 0.25) is 0 Å². The van der Waals surface area contributed by atoms with Gasteiger partial charge in [0.15, 0.2) is 11.5 Å². The minimum absolute atomic E-state index is 0.134. The minimum atomic E-state index is -0.400. The monoisotopic (exact) mass is 396 g/mol. The van der Waals surface area contributed by atoms with Crippen LogP contribution >= 0.6 is 0 Å². The first-order valence-electron chi connectivity index (χ1n) is 10.4. The van der Waals surface area contributed by atoms with Crippen LogP contribution < -0.4 is 5.32 Å². The zero-order valence-electron chi connectivity index (χ0n) is 16.4. The highest BCUT2D eigenvalue weighted by Crippen LogP contribution is 2.57. The van der Waals surface area contributed by atoms with Crippen molar-refractivity contribution in [2.24, 2.45) is 5.92 Å². The highest BCUT2D eigenvalue weighted by Gasteiger charge is 2.51. The number of carbonyl (C=O) groups excluding carboxylic acids is 1. The van der Waals surface area contributed by atoms with E-state index in [1.807, 2.05) is 22.9 Å². The highest BCUT2D eigenvalue weighted by atomic mass is 16.2. The molecule has 3 aliphatic carbocycles. The molecule has 0 saturated heterocycles. The van der Waals surface area contributed by atoms with Crippen LogP contribution in [0.1, 0.15) is 64.6 Å². The molecule has 3 aliphatic rings. The highest BCUT2D eigenvalue weighted by molar-refractivity contribution is 5.95. The Bertz CT molecular complexity index is 1190. The molecule has 3 aromatic heterocycles. The molecule has 0 radical (unpaired) electrons. The van der Waals surface area contributed by atoms with Crippen molar-refractivity contribution in [3.8, 4) is 11.9 Å². The number of nitriles is 1. The lowest BCUT2D eigenvalue weighted by atomic mass is 9.74. The average Bonchev–Trinajstić information content (AvgIpc) is 3.26. The molecule has 30 heavy (non-hydrogen) atoms. The van der Waals surface area contributed by atoms with Crippen LogP contribution in [-0.4, -0.2) is 25.7 Å². The maximum Gasteiger partial charge on any atom is 0.272 e. The van der Waals surface area contributed by atoms with Gasteiger partial charge in [0.1, 0.15) is 6.07 Å². The molecule has 2 fully saturated rings. The van der Waals surface area contributed by atoms with E-state index in [9.17, 15) is 4.79 Å². The molecule has 0 bridgehead atoms. The number of fused-ring (bicyclic) bond motifs is 3. The second kappa shape index (κ2) is 6.23. The van der Waals surface area contributed by atoms with E-state index in [1.165, 1.54) is 0 Å². The quantitative estimate of drug-likeness (QED) is 0.731. The zero-order chi connectivity index (χ0) is 20.3. The number of nitrogens with one attached hydrogen (secondary N) is 1. The van der Waals surface area contributed by atoms with Gasteiger partial charge in [0, 0.05) is 23.9 Å². The van der Waals surface area contributed by atoms with Crippen LogP contribution in [0.3, 0.4) is 0 Å². The Balaban J connectivity index is 1.37. The number of amides is 1. The van der Waals surface area contributed by atoms with Gasteiger partial charge >= 0.3 is 0 Å². The summed E-state index contributed by atoms with van der Waals surface area (Å²) in [6, 6.07) is 11.5. The van der Waals surface area contributed by atoms with Gasteiger partial charge in [-0.15, -0.1) is 0 Å². The van der Waals surface area contributed by atoms with Crippen LogP contribution in [0.25, 0.3) is 5.82 Å². The van der Waals surface area contributed by atoms with Gasteiger partial charge in [-0.1, -0.05) is 6.07 Å². The fourth-order valence-electron chi connectivity index (χ4n) is 4.95. The van der Waals surface area contributed by atoms with Gasteiger partial charge in [0.2, 0.25) is 0 Å². The molecule has 0 aromatic carbocycles. The third-order valence-electron chi connectivity index (χ3n) is 6.79. The van der Waals surface area contributed by atoms with Crippen LogP contribution in [0.4, 0.5) is 0 Å². The number of nitrogens with zero attached hydrogens (tertiary/aromatic N) is 5. The average molecular weight is 396 g/mol. The van der Waals surface area contributed by atoms with Crippen molar-refractivity contribution in [2.45, 2.75) is 43.6 Å². The Morgan fingerprint density at radius 1 is 1.23 bits per heavy atom. The summed E-state index contributed by atoms with van der Waals surface area (Å²) in [5, 5.41) is 17.0. The summed E-state index contributed by atoms with van der Waals surface area (Å²) in [5.74, 6) is 1.59. The summed E-state index contributed by atoms with van der Waals surface area (Å²) in [6.45, 7) is 0. The molecule has 1 amide bonds. The minimum Gasteiger partial charge on any atom is -0.340 e. The first kappa shape index (κ1) is 17.3. The summed E-state index contributed by atoms with van der Waals surface area (Å²) in [4.78, 5) is 22.3. The third kappa shape index (κ3) is 2.50. The largest absolute Gasteiger partial charge is 0.340 e. The number of pyridine rings is 2. The maximum atomic E-state index is 13.4. The molecule has 3 heterocycles. The molecular weight excluding hydrogens is 376 g/mol. The molecule has 6 rings (SSSR count). The number of carbonyl (C=O) groups is 1. The van der Waals surface area contributed by atoms with Crippen molar-refractivity contribution in [1.82, 2.24) is 25.1 Å². The van der Waals surface area contributed by atoms with E-state index in [0.717, 1.165) is 49.1 Å². The van der Waals surface area contributed by atoms with Gasteiger partial charge in [0.25, 0.3) is 5.91 Å². The van der Waals surface area contributed by atoms with Crippen LogP contribution in [0, 0.1) is 17.2 Å². The Hall–Kier alpha value is -3.53. The van der Waals surface area contributed by atoms with E-state index in [0.29, 0.717) is 28.9 Å². The summed E-state index contributed by atoms with van der Waals surface area (Å²) in [5.41, 5.74) is 3.69. The van der Waals surface area contributed by atoms with Gasteiger partial charge in [-0.2, -0.15) is 10.4 Å². The van der Waals surface area contributed by atoms with E-state index in [2.05, 4.69) is 21.4 Å². The Morgan fingerprint density at radius 3 is 2.80 bits per heavy atom. The summed E-state index contributed by atoms with van der Waals surface area (Å²) in [6.07, 6.45) is 8.22. The molecule has 2 atom stereocenters. The summed E-state index contributed by atoms with van der Waals surface area (Å²) >= 11 is 0. The van der Waals surface area contributed by atoms with Gasteiger partial charge in [-0.05, 0) is 62.3 Å². The Labute approximate surface area is 173 Å². The molecule has 2 saturated carbocycles. The van der Waals surface area contributed by atoms with Gasteiger partial charge in [0.05, 0.1) is 22.5 Å². The van der Waals surface area contributed by atoms with Crippen molar-refractivity contribution >= 4 is 5.91 Å². The SMILES string of the molecule is N#Cc1ccc(-n2nc(C(=O)NC3(c4ccccn4)CCC3)c3c2[C@@H]2C[C@@H]2C3)nc1. The number of aromatic nitrogens is 4. The predicted octanol–water partition coefficient (Wildman–Crippen LogP) is 3.00. The number of hydrogen-bond donors (Lipinski definition) is 1. The Morgan fingerprint density at radius 2 is 2.13 bits per heavy atom. The lowest BCUT2D eigenvalue weighted by Gasteiger charge is -2.41. The first-order valence-corrected chi connectivity index (χ1v) is 10.4. The van der Waals surface area contributed by atoms with Crippen molar-refractivity contribution in [1.29, 1.82) is 5.26 Å². The summed E-state index contributed by atoms with van der Waals surface area (Å²) in [7, 11) is 0. The second-order valence-corrected chi connectivity index (χ2v) is 8.55. The molecule has 3 aromatic rings. The molecule has 7 heteroatoms. The van der Waals surface area contributed by atoms with E-state index in [-0.39, 0.29) is 5.91 Å². The molecule has 7 nitrogen and oxygen atoms in total. The Kier molecular flexibility index (Phi) is 3.60. The molecular formula is C23H20N6O. The fourth-order valence-corrected chi connectivity index (χ4v) is 4.95. The molecule has 0 spiro atoms. The number of hydrogen-bond acceptors (Lipinski definition) is 5. The van der Waals surface area contributed by atoms with Gasteiger partial charge in [-0.3, -0.25) is 9.78 Å². The smallest absolute Gasteiger partial charge is 0.272 e. The molecule has 148 valence electrons. The second-order valence-electron chi connectivity index (χ2n) is 8.55. The predicted molar refractivity (Wildman–Crippen MR) is 108 cm³/mol. The summed E-state index contributed by atoms with van der Waals surface area (Å²) < 4.78 is 1.82. The van der Waals surface area contributed by atoms with Crippen molar-refractivity contribution in [3.63, 3.8) is 0 Å². The van der Waals surface area contributed by atoms with E-state index >= 15 is 0 Å². The van der Waals surface area contributed by atoms with Crippen molar-refractivity contribution in [2.75, 3.05) is 0 Å². The molecule has 1 N–H and O–H groups in total. The topological polar surface area (TPSA) is 96.5 Å². The van der Waals surface area contributed by atoms with E-state index in [4.69, 9.17) is 10.4 Å². The van der Waals surface area contributed by atoms with E-state index in [1.54, 1.807) is 24.5 Å². The molecule has 0 aliphatic heterocycles. The van der Waals surface area contributed by atoms with Crippen LogP contribution in [0.15, 0.2) is 42.7 Å². The zero-order valence-corrected chi connectivity index (χ0v) is 16.4. The van der Waals surface area contributed by atoms with Gasteiger partial charge in [-0.25, -0.2) is 9.67 Å². The number of rotatable bonds is 4.